The first-order valence-electron chi connectivity index (χ1n) is 8.67. The highest BCUT2D eigenvalue weighted by Gasteiger charge is 2.20. The van der Waals surface area contributed by atoms with Gasteiger partial charge < -0.3 is 4.90 Å². The number of hydrogen-bond donors (Lipinski definition) is 1. The molecule has 2 aromatic heterocycles. The maximum Gasteiger partial charge on any atom is 0.272 e. The van der Waals surface area contributed by atoms with E-state index in [9.17, 15) is 14.0 Å². The van der Waals surface area contributed by atoms with Gasteiger partial charge in [-0.25, -0.2) is 13.9 Å². The standard InChI is InChI=1S/C19H21FN4O2/c1-3-10-23(19(26)13-6-5-7-14(20)11-13)12-16-15(4-2)18-21-9-8-17(25)24(18)22-16/h5-9,11,22H,3-4,10,12H2,1-2H3. The number of amides is 1. The van der Waals surface area contributed by atoms with Crippen molar-refractivity contribution < 1.29 is 9.18 Å². The van der Waals surface area contributed by atoms with E-state index in [1.165, 1.54) is 35.0 Å². The SMILES string of the molecule is CCCN(Cc1[nH]n2c(=O)ccnc2c1CC)C(=O)c1cccc(F)c1. The second kappa shape index (κ2) is 7.51. The molecule has 2 heterocycles. The molecule has 7 heteroatoms. The Hall–Kier alpha value is -2.96. The van der Waals surface area contributed by atoms with Gasteiger partial charge in [0.2, 0.25) is 0 Å². The number of halogens is 1. The molecule has 0 aliphatic rings. The summed E-state index contributed by atoms with van der Waals surface area (Å²) in [6, 6.07) is 7.06. The van der Waals surface area contributed by atoms with E-state index in [-0.39, 0.29) is 11.5 Å². The molecule has 3 rings (SSSR count). The number of rotatable bonds is 6. The molecule has 0 aliphatic heterocycles. The first-order chi connectivity index (χ1) is 12.5. The zero-order chi connectivity index (χ0) is 18.7. The van der Waals surface area contributed by atoms with Crippen molar-refractivity contribution in [1.82, 2.24) is 19.5 Å². The number of carbonyl (C=O) groups excluding carboxylic acids is 1. The molecule has 0 atom stereocenters. The van der Waals surface area contributed by atoms with E-state index in [0.717, 1.165) is 17.7 Å². The van der Waals surface area contributed by atoms with Crippen LogP contribution in [0.2, 0.25) is 0 Å². The maximum atomic E-state index is 13.5. The Morgan fingerprint density at radius 3 is 2.81 bits per heavy atom. The number of fused-ring (bicyclic) bond motifs is 1. The predicted octanol–water partition coefficient (Wildman–Crippen LogP) is 2.78. The van der Waals surface area contributed by atoms with E-state index in [2.05, 4.69) is 10.1 Å². The summed E-state index contributed by atoms with van der Waals surface area (Å²) in [6.07, 6.45) is 2.92. The van der Waals surface area contributed by atoms with Gasteiger partial charge in [-0.05, 0) is 31.0 Å². The largest absolute Gasteiger partial charge is 0.333 e. The van der Waals surface area contributed by atoms with Crippen LogP contribution in [0, 0.1) is 5.82 Å². The Morgan fingerprint density at radius 2 is 2.12 bits per heavy atom. The summed E-state index contributed by atoms with van der Waals surface area (Å²) in [5.74, 6) is -0.685. The summed E-state index contributed by atoms with van der Waals surface area (Å²) in [5, 5.41) is 3.06. The van der Waals surface area contributed by atoms with E-state index >= 15 is 0 Å². The highest BCUT2D eigenvalue weighted by atomic mass is 19.1. The Balaban J connectivity index is 1.98. The van der Waals surface area contributed by atoms with E-state index in [4.69, 9.17) is 0 Å². The molecule has 1 N–H and O–H groups in total. The van der Waals surface area contributed by atoms with Crippen LogP contribution in [-0.2, 0) is 13.0 Å². The second-order valence-corrected chi connectivity index (χ2v) is 6.10. The minimum Gasteiger partial charge on any atom is -0.333 e. The van der Waals surface area contributed by atoms with Gasteiger partial charge >= 0.3 is 0 Å². The number of aryl methyl sites for hydroxylation is 1. The van der Waals surface area contributed by atoms with Gasteiger partial charge in [0.25, 0.3) is 11.5 Å². The second-order valence-electron chi connectivity index (χ2n) is 6.10. The maximum absolute atomic E-state index is 13.5. The molecule has 0 saturated heterocycles. The lowest BCUT2D eigenvalue weighted by molar-refractivity contribution is 0.0740. The third kappa shape index (κ3) is 3.37. The number of benzene rings is 1. The molecule has 0 spiro atoms. The first kappa shape index (κ1) is 17.8. The van der Waals surface area contributed by atoms with Crippen molar-refractivity contribution in [2.75, 3.05) is 6.54 Å². The molecule has 136 valence electrons. The fraction of sp³-hybridized carbons (Fsp3) is 0.316. The van der Waals surface area contributed by atoms with Crippen LogP contribution in [0.15, 0.2) is 41.3 Å². The number of carbonyl (C=O) groups is 1. The van der Waals surface area contributed by atoms with Crippen LogP contribution in [0.4, 0.5) is 4.39 Å². The van der Waals surface area contributed by atoms with Gasteiger partial charge in [0.15, 0.2) is 5.65 Å². The highest BCUT2D eigenvalue weighted by Crippen LogP contribution is 2.17. The van der Waals surface area contributed by atoms with Crippen LogP contribution in [0.5, 0.6) is 0 Å². The zero-order valence-electron chi connectivity index (χ0n) is 14.8. The third-order valence-electron chi connectivity index (χ3n) is 4.28. The Morgan fingerprint density at radius 1 is 1.31 bits per heavy atom. The van der Waals surface area contributed by atoms with Crippen molar-refractivity contribution in [3.63, 3.8) is 0 Å². The lowest BCUT2D eigenvalue weighted by Crippen LogP contribution is -2.32. The third-order valence-corrected chi connectivity index (χ3v) is 4.28. The van der Waals surface area contributed by atoms with Crippen molar-refractivity contribution in [3.05, 3.63) is 69.5 Å². The molecule has 0 bridgehead atoms. The average molecular weight is 356 g/mol. The quantitative estimate of drug-likeness (QED) is 0.738. The lowest BCUT2D eigenvalue weighted by atomic mass is 10.1. The first-order valence-corrected chi connectivity index (χ1v) is 8.67. The van der Waals surface area contributed by atoms with Crippen molar-refractivity contribution in [3.8, 4) is 0 Å². The van der Waals surface area contributed by atoms with E-state index in [1.54, 1.807) is 11.0 Å². The van der Waals surface area contributed by atoms with Crippen LogP contribution in [-0.4, -0.2) is 31.9 Å². The van der Waals surface area contributed by atoms with Crippen LogP contribution >= 0.6 is 0 Å². The fourth-order valence-corrected chi connectivity index (χ4v) is 3.09. The Bertz CT molecular complexity index is 993. The highest BCUT2D eigenvalue weighted by molar-refractivity contribution is 5.94. The Labute approximate surface area is 150 Å². The molecule has 1 amide bonds. The molecular weight excluding hydrogens is 335 g/mol. The van der Waals surface area contributed by atoms with Gasteiger partial charge in [-0.2, -0.15) is 0 Å². The van der Waals surface area contributed by atoms with Gasteiger partial charge in [0.1, 0.15) is 5.82 Å². The predicted molar refractivity (Wildman–Crippen MR) is 96.6 cm³/mol. The minimum atomic E-state index is -0.442. The van der Waals surface area contributed by atoms with E-state index in [1.807, 2.05) is 13.8 Å². The molecule has 3 aromatic rings. The summed E-state index contributed by atoms with van der Waals surface area (Å²) in [7, 11) is 0. The minimum absolute atomic E-state index is 0.200. The van der Waals surface area contributed by atoms with Crippen LogP contribution in [0.25, 0.3) is 5.65 Å². The molecule has 0 unspecified atom stereocenters. The smallest absolute Gasteiger partial charge is 0.272 e. The number of H-pyrrole nitrogens is 1. The van der Waals surface area contributed by atoms with Gasteiger partial charge in [-0.1, -0.05) is 19.9 Å². The summed E-state index contributed by atoms with van der Waals surface area (Å²) >= 11 is 0. The normalized spacial score (nSPS) is 11.0. The van der Waals surface area contributed by atoms with Crippen molar-refractivity contribution in [1.29, 1.82) is 0 Å². The van der Waals surface area contributed by atoms with Gasteiger partial charge in [-0.15, -0.1) is 0 Å². The fourth-order valence-electron chi connectivity index (χ4n) is 3.09. The number of nitrogens with one attached hydrogen (secondary N) is 1. The molecule has 0 aliphatic carbocycles. The molecule has 0 radical (unpaired) electrons. The van der Waals surface area contributed by atoms with Gasteiger partial charge in [0, 0.05) is 29.9 Å². The molecule has 1 aromatic carbocycles. The lowest BCUT2D eigenvalue weighted by Gasteiger charge is -2.22. The number of aromatic amines is 1. The van der Waals surface area contributed by atoms with Crippen molar-refractivity contribution in [2.24, 2.45) is 0 Å². The van der Waals surface area contributed by atoms with Gasteiger partial charge in [0.05, 0.1) is 12.2 Å². The van der Waals surface area contributed by atoms with Crippen LogP contribution in [0.3, 0.4) is 0 Å². The Kier molecular flexibility index (Phi) is 5.16. The van der Waals surface area contributed by atoms with E-state index < -0.39 is 5.82 Å². The monoisotopic (exact) mass is 356 g/mol. The molecule has 0 saturated carbocycles. The molecule has 26 heavy (non-hydrogen) atoms. The number of nitrogens with zero attached hydrogens (tertiary/aromatic N) is 3. The topological polar surface area (TPSA) is 70.5 Å². The zero-order valence-corrected chi connectivity index (χ0v) is 14.8. The number of hydrogen-bond acceptors (Lipinski definition) is 3. The molecule has 6 nitrogen and oxygen atoms in total. The van der Waals surface area contributed by atoms with Gasteiger partial charge in [-0.3, -0.25) is 14.7 Å². The van der Waals surface area contributed by atoms with Crippen LogP contribution in [0.1, 0.15) is 41.9 Å². The summed E-state index contributed by atoms with van der Waals surface area (Å²) in [5.41, 5.74) is 2.35. The molecule has 0 fully saturated rings. The van der Waals surface area contributed by atoms with Crippen LogP contribution < -0.4 is 5.56 Å². The van der Waals surface area contributed by atoms with E-state index in [0.29, 0.717) is 30.7 Å². The number of aromatic nitrogens is 3. The van der Waals surface area contributed by atoms with Crippen molar-refractivity contribution >= 4 is 11.6 Å². The summed E-state index contributed by atoms with van der Waals surface area (Å²) in [6.45, 7) is 4.78. The summed E-state index contributed by atoms with van der Waals surface area (Å²) < 4.78 is 14.9. The molecular formula is C19H21FN4O2. The average Bonchev–Trinajstić information content (AvgIpc) is 2.99. The summed E-state index contributed by atoms with van der Waals surface area (Å²) in [4.78, 5) is 30.8. The van der Waals surface area contributed by atoms with Crippen molar-refractivity contribution in [2.45, 2.75) is 33.2 Å².